The van der Waals surface area contributed by atoms with Gasteiger partial charge in [-0.3, -0.25) is 9.36 Å². The van der Waals surface area contributed by atoms with E-state index in [0.29, 0.717) is 13.1 Å². The van der Waals surface area contributed by atoms with Crippen LogP contribution in [0.25, 0.3) is 16.5 Å². The highest BCUT2D eigenvalue weighted by Crippen LogP contribution is 2.22. The van der Waals surface area contributed by atoms with Crippen molar-refractivity contribution >= 4 is 35.0 Å². The smallest absolute Gasteiger partial charge is 0.253 e. The quantitative estimate of drug-likeness (QED) is 0.470. The fourth-order valence-electron chi connectivity index (χ4n) is 4.05. The topological polar surface area (TPSA) is 41.4 Å². The number of fused-ring (bicyclic) bond motifs is 1. The van der Waals surface area contributed by atoms with Crippen LogP contribution in [0.15, 0.2) is 79.1 Å². The van der Waals surface area contributed by atoms with E-state index in [2.05, 4.69) is 57.8 Å². The molecule has 0 unspecified atom stereocenters. The molecule has 6 heteroatoms. The minimum Gasteiger partial charge on any atom is -0.338 e. The monoisotopic (exact) mass is 432 g/mol. The van der Waals surface area contributed by atoms with Gasteiger partial charge in [0.25, 0.3) is 5.91 Å². The summed E-state index contributed by atoms with van der Waals surface area (Å²) in [5, 5.41) is 2.25. The molecular formula is C25H25ClN4O. The molecule has 5 nitrogen and oxygen atoms in total. The molecule has 1 aliphatic heterocycles. The third kappa shape index (κ3) is 4.14. The van der Waals surface area contributed by atoms with Crippen molar-refractivity contribution in [3.63, 3.8) is 0 Å². The van der Waals surface area contributed by atoms with Crippen LogP contribution in [0.1, 0.15) is 15.9 Å². The van der Waals surface area contributed by atoms with Gasteiger partial charge in [0.1, 0.15) is 0 Å². The van der Waals surface area contributed by atoms with Crippen LogP contribution in [-0.2, 0) is 0 Å². The lowest BCUT2D eigenvalue weighted by atomic mass is 10.1. The van der Waals surface area contributed by atoms with Crippen LogP contribution >= 0.6 is 12.4 Å². The number of carbonyl (C=O) groups excluding carboxylic acids is 1. The molecule has 0 spiro atoms. The van der Waals surface area contributed by atoms with E-state index in [4.69, 9.17) is 0 Å². The molecule has 31 heavy (non-hydrogen) atoms. The van der Waals surface area contributed by atoms with E-state index in [0.717, 1.165) is 41.1 Å². The van der Waals surface area contributed by atoms with Crippen LogP contribution in [0, 0.1) is 6.92 Å². The number of amides is 1. The SMILES string of the molecule is Cc1ccc(-n2ccnc2N2CCN(C(=O)c3ccc4ccccc4c3)CC2)cc1.Cl. The maximum absolute atomic E-state index is 13.0. The average molecular weight is 433 g/mol. The van der Waals surface area contributed by atoms with Gasteiger partial charge >= 0.3 is 0 Å². The lowest BCUT2D eigenvalue weighted by Gasteiger charge is -2.35. The van der Waals surface area contributed by atoms with Crippen molar-refractivity contribution in [1.82, 2.24) is 14.5 Å². The summed E-state index contributed by atoms with van der Waals surface area (Å²) < 4.78 is 2.11. The molecule has 5 rings (SSSR count). The summed E-state index contributed by atoms with van der Waals surface area (Å²) in [6.45, 7) is 4.99. The minimum absolute atomic E-state index is 0. The van der Waals surface area contributed by atoms with Crippen LogP contribution in [0.2, 0.25) is 0 Å². The van der Waals surface area contributed by atoms with Crippen LogP contribution in [-0.4, -0.2) is 46.5 Å². The number of hydrogen-bond donors (Lipinski definition) is 0. The number of imidazole rings is 1. The summed E-state index contributed by atoms with van der Waals surface area (Å²) in [5.41, 5.74) is 3.09. The Morgan fingerprint density at radius 3 is 2.32 bits per heavy atom. The molecule has 2 heterocycles. The van der Waals surface area contributed by atoms with E-state index < -0.39 is 0 Å². The molecule has 3 aromatic carbocycles. The molecule has 0 N–H and O–H groups in total. The molecule has 4 aromatic rings. The minimum atomic E-state index is 0. The molecule has 1 aliphatic rings. The van der Waals surface area contributed by atoms with Crippen LogP contribution < -0.4 is 4.90 Å². The summed E-state index contributed by atoms with van der Waals surface area (Å²) in [6.07, 6.45) is 3.83. The summed E-state index contributed by atoms with van der Waals surface area (Å²) in [6, 6.07) is 22.5. The lowest BCUT2D eigenvalue weighted by molar-refractivity contribution is 0.0746. The number of hydrogen-bond acceptors (Lipinski definition) is 3. The van der Waals surface area contributed by atoms with Gasteiger partial charge in [-0.1, -0.05) is 48.0 Å². The molecule has 1 fully saturated rings. The molecule has 0 aliphatic carbocycles. The van der Waals surface area contributed by atoms with Crippen molar-refractivity contribution in [1.29, 1.82) is 0 Å². The third-order valence-corrected chi connectivity index (χ3v) is 5.78. The number of carbonyl (C=O) groups is 1. The standard InChI is InChI=1S/C25H24N4O.ClH/c1-19-6-10-23(11-7-19)29-13-12-26-25(29)28-16-14-27(15-17-28)24(30)22-9-8-20-4-2-3-5-21(20)18-22;/h2-13,18H,14-17H2,1H3;1H. The summed E-state index contributed by atoms with van der Waals surface area (Å²) in [5.74, 6) is 1.03. The van der Waals surface area contributed by atoms with E-state index in [1.165, 1.54) is 5.56 Å². The van der Waals surface area contributed by atoms with Crippen LogP contribution in [0.5, 0.6) is 0 Å². The normalized spacial score (nSPS) is 13.8. The molecular weight excluding hydrogens is 408 g/mol. The van der Waals surface area contributed by atoms with Gasteiger partial charge < -0.3 is 9.80 Å². The van der Waals surface area contributed by atoms with Gasteiger partial charge in [0.05, 0.1) is 0 Å². The zero-order valence-electron chi connectivity index (χ0n) is 17.4. The zero-order chi connectivity index (χ0) is 20.5. The van der Waals surface area contributed by atoms with Gasteiger partial charge in [-0.05, 0) is 42.0 Å². The van der Waals surface area contributed by atoms with Crippen LogP contribution in [0.4, 0.5) is 5.95 Å². The second kappa shape index (κ2) is 8.82. The fourth-order valence-corrected chi connectivity index (χ4v) is 4.05. The Morgan fingerprint density at radius 2 is 1.58 bits per heavy atom. The number of halogens is 1. The van der Waals surface area contributed by atoms with E-state index >= 15 is 0 Å². The van der Waals surface area contributed by atoms with Crippen molar-refractivity contribution < 1.29 is 4.79 Å². The first kappa shape index (κ1) is 20.9. The van der Waals surface area contributed by atoms with Gasteiger partial charge in [0.15, 0.2) is 0 Å². The Kier molecular flexibility index (Phi) is 5.96. The van der Waals surface area contributed by atoms with E-state index in [1.54, 1.807) is 0 Å². The fraction of sp³-hybridized carbons (Fsp3) is 0.200. The first-order chi connectivity index (χ1) is 14.7. The number of piperazine rings is 1. The first-order valence-corrected chi connectivity index (χ1v) is 10.3. The number of anilines is 1. The molecule has 158 valence electrons. The number of aromatic nitrogens is 2. The lowest BCUT2D eigenvalue weighted by Crippen LogP contribution is -2.49. The Bertz CT molecular complexity index is 1190. The van der Waals surface area contributed by atoms with E-state index in [1.807, 2.05) is 47.6 Å². The van der Waals surface area contributed by atoms with Gasteiger partial charge in [-0.25, -0.2) is 4.98 Å². The maximum Gasteiger partial charge on any atom is 0.253 e. The Balaban J connectivity index is 0.00000231. The Morgan fingerprint density at radius 1 is 0.871 bits per heavy atom. The highest BCUT2D eigenvalue weighted by atomic mass is 35.5. The van der Waals surface area contributed by atoms with Crippen molar-refractivity contribution in [3.8, 4) is 5.69 Å². The summed E-state index contributed by atoms with van der Waals surface area (Å²) in [7, 11) is 0. The Hall–Kier alpha value is -3.31. The maximum atomic E-state index is 13.0. The highest BCUT2D eigenvalue weighted by Gasteiger charge is 2.24. The van der Waals surface area contributed by atoms with E-state index in [-0.39, 0.29) is 18.3 Å². The highest BCUT2D eigenvalue weighted by molar-refractivity contribution is 5.98. The molecule has 0 bridgehead atoms. The zero-order valence-corrected chi connectivity index (χ0v) is 18.3. The van der Waals surface area contributed by atoms with Crippen LogP contribution in [0.3, 0.4) is 0 Å². The predicted octanol–water partition coefficient (Wildman–Crippen LogP) is 4.72. The molecule has 1 aromatic heterocycles. The summed E-state index contributed by atoms with van der Waals surface area (Å²) >= 11 is 0. The molecule has 1 amide bonds. The van der Waals surface area contributed by atoms with Crippen molar-refractivity contribution in [3.05, 3.63) is 90.3 Å². The molecule has 1 saturated heterocycles. The van der Waals surface area contributed by atoms with Gasteiger partial charge in [-0.2, -0.15) is 0 Å². The number of nitrogens with zero attached hydrogens (tertiary/aromatic N) is 4. The second-order valence-corrected chi connectivity index (χ2v) is 7.77. The van der Waals surface area contributed by atoms with Gasteiger partial charge in [0, 0.05) is 49.8 Å². The largest absolute Gasteiger partial charge is 0.338 e. The number of rotatable bonds is 3. The molecule has 0 radical (unpaired) electrons. The van der Waals surface area contributed by atoms with Gasteiger partial charge in [0.2, 0.25) is 5.95 Å². The number of aryl methyl sites for hydroxylation is 1. The number of benzene rings is 3. The third-order valence-electron chi connectivity index (χ3n) is 5.78. The van der Waals surface area contributed by atoms with Crippen molar-refractivity contribution in [2.24, 2.45) is 0 Å². The van der Waals surface area contributed by atoms with E-state index in [9.17, 15) is 4.79 Å². The second-order valence-electron chi connectivity index (χ2n) is 7.77. The average Bonchev–Trinajstić information content (AvgIpc) is 3.29. The Labute approximate surface area is 188 Å². The summed E-state index contributed by atoms with van der Waals surface area (Å²) in [4.78, 5) is 21.8. The van der Waals surface area contributed by atoms with Crippen molar-refractivity contribution in [2.45, 2.75) is 6.92 Å². The first-order valence-electron chi connectivity index (χ1n) is 10.3. The molecule has 0 saturated carbocycles. The molecule has 0 atom stereocenters. The van der Waals surface area contributed by atoms with Gasteiger partial charge in [-0.15, -0.1) is 12.4 Å². The predicted molar refractivity (Wildman–Crippen MR) is 128 cm³/mol. The van der Waals surface area contributed by atoms with Crippen molar-refractivity contribution in [2.75, 3.05) is 31.1 Å².